The maximum absolute atomic E-state index is 4.14. The van der Waals surface area contributed by atoms with Gasteiger partial charge >= 0.3 is 0 Å². The van der Waals surface area contributed by atoms with Crippen LogP contribution in [-0.2, 0) is 12.4 Å². The summed E-state index contributed by atoms with van der Waals surface area (Å²) < 4.78 is 2.06. The van der Waals surface area contributed by atoms with E-state index in [0.29, 0.717) is 5.92 Å². The predicted octanol–water partition coefficient (Wildman–Crippen LogP) is 2.22. The molecule has 0 aliphatic heterocycles. The van der Waals surface area contributed by atoms with Crippen molar-refractivity contribution < 1.29 is 0 Å². The summed E-state index contributed by atoms with van der Waals surface area (Å²) in [6, 6.07) is 0. The van der Waals surface area contributed by atoms with E-state index in [2.05, 4.69) is 44.5 Å². The van der Waals surface area contributed by atoms with Crippen LogP contribution in [0.3, 0.4) is 0 Å². The highest BCUT2D eigenvalue weighted by molar-refractivity contribution is 9.08. The van der Waals surface area contributed by atoms with Crippen molar-refractivity contribution >= 4 is 15.9 Å². The summed E-state index contributed by atoms with van der Waals surface area (Å²) in [7, 11) is 2.01. The lowest BCUT2D eigenvalue weighted by Crippen LogP contribution is -2.04. The summed E-state index contributed by atoms with van der Waals surface area (Å²) in [4.78, 5) is 0. The number of aromatic nitrogens is 3. The normalized spacial score (nSPS) is 13.3. The third-order valence-corrected chi connectivity index (χ3v) is 2.67. The predicted molar refractivity (Wildman–Crippen MR) is 52.3 cm³/mol. The van der Waals surface area contributed by atoms with E-state index < -0.39 is 0 Å². The van der Waals surface area contributed by atoms with Crippen molar-refractivity contribution in [1.29, 1.82) is 0 Å². The molecule has 0 aliphatic rings. The average Bonchev–Trinajstić information content (AvgIpc) is 2.45. The van der Waals surface area contributed by atoms with Crippen LogP contribution < -0.4 is 0 Å². The molecule has 0 aromatic carbocycles. The minimum absolute atomic E-state index is 0.496. The molecule has 1 atom stereocenters. The van der Waals surface area contributed by atoms with Crippen molar-refractivity contribution in [1.82, 2.24) is 14.8 Å². The summed E-state index contributed by atoms with van der Waals surface area (Å²) in [5.74, 6) is 2.56. The van der Waals surface area contributed by atoms with Crippen LogP contribution >= 0.6 is 15.9 Å². The molecule has 1 aromatic heterocycles. The Morgan fingerprint density at radius 3 is 2.58 bits per heavy atom. The van der Waals surface area contributed by atoms with Crippen LogP contribution in [0.15, 0.2) is 0 Å². The maximum Gasteiger partial charge on any atom is 0.143 e. The van der Waals surface area contributed by atoms with Crippen molar-refractivity contribution in [2.24, 2.45) is 7.05 Å². The van der Waals surface area contributed by atoms with E-state index in [0.717, 1.165) is 23.4 Å². The smallest absolute Gasteiger partial charge is 0.143 e. The van der Waals surface area contributed by atoms with Gasteiger partial charge in [-0.05, 0) is 6.42 Å². The summed E-state index contributed by atoms with van der Waals surface area (Å²) in [5.41, 5.74) is 0. The van der Waals surface area contributed by atoms with Crippen molar-refractivity contribution in [2.45, 2.75) is 31.5 Å². The highest BCUT2D eigenvalue weighted by atomic mass is 79.9. The molecule has 1 aromatic rings. The van der Waals surface area contributed by atoms with Crippen LogP contribution in [-0.4, -0.2) is 14.8 Å². The summed E-state index contributed by atoms with van der Waals surface area (Å²) >= 11 is 3.37. The van der Waals surface area contributed by atoms with Gasteiger partial charge < -0.3 is 4.57 Å². The molecule has 68 valence electrons. The van der Waals surface area contributed by atoms with Crippen LogP contribution in [0.4, 0.5) is 0 Å². The van der Waals surface area contributed by atoms with Crippen LogP contribution in [0.1, 0.15) is 37.8 Å². The van der Waals surface area contributed by atoms with Gasteiger partial charge in [0.05, 0.1) is 5.33 Å². The fourth-order valence-electron chi connectivity index (χ4n) is 1.10. The molecule has 0 saturated carbocycles. The van der Waals surface area contributed by atoms with Gasteiger partial charge in [-0.3, -0.25) is 0 Å². The number of rotatable bonds is 3. The number of alkyl halides is 1. The SMILES string of the molecule is CCC(C)c1nnc(CBr)n1C. The number of hydrogen-bond acceptors (Lipinski definition) is 2. The van der Waals surface area contributed by atoms with Crippen molar-refractivity contribution in [2.75, 3.05) is 0 Å². The molecule has 0 aliphatic carbocycles. The standard InChI is InChI=1S/C8H14BrN3/c1-4-6(2)8-11-10-7(5-9)12(8)3/h6H,4-5H2,1-3H3. The van der Waals surface area contributed by atoms with Crippen LogP contribution in [0.25, 0.3) is 0 Å². The van der Waals surface area contributed by atoms with Gasteiger partial charge in [0, 0.05) is 13.0 Å². The summed E-state index contributed by atoms with van der Waals surface area (Å²) in [6.07, 6.45) is 1.11. The zero-order chi connectivity index (χ0) is 9.14. The zero-order valence-corrected chi connectivity index (χ0v) is 9.30. The van der Waals surface area contributed by atoms with Gasteiger partial charge in [0.1, 0.15) is 11.6 Å². The Morgan fingerprint density at radius 2 is 2.17 bits per heavy atom. The maximum atomic E-state index is 4.14. The van der Waals surface area contributed by atoms with Gasteiger partial charge in [-0.1, -0.05) is 29.8 Å². The summed E-state index contributed by atoms with van der Waals surface area (Å²) in [5, 5.41) is 8.98. The van der Waals surface area contributed by atoms with E-state index in [4.69, 9.17) is 0 Å². The molecule has 0 bridgehead atoms. The highest BCUT2D eigenvalue weighted by Crippen LogP contribution is 2.16. The lowest BCUT2D eigenvalue weighted by molar-refractivity contribution is 0.635. The topological polar surface area (TPSA) is 30.7 Å². The fourth-order valence-corrected chi connectivity index (χ4v) is 1.59. The Hall–Kier alpha value is -0.380. The zero-order valence-electron chi connectivity index (χ0n) is 7.71. The quantitative estimate of drug-likeness (QED) is 0.748. The average molecular weight is 232 g/mol. The monoisotopic (exact) mass is 231 g/mol. The third kappa shape index (κ3) is 1.68. The van der Waals surface area contributed by atoms with Crippen molar-refractivity contribution in [3.63, 3.8) is 0 Å². The first kappa shape index (κ1) is 9.71. The lowest BCUT2D eigenvalue weighted by atomic mass is 10.1. The van der Waals surface area contributed by atoms with Gasteiger partial charge in [0.15, 0.2) is 0 Å². The van der Waals surface area contributed by atoms with Crippen LogP contribution in [0, 0.1) is 0 Å². The second-order valence-corrected chi connectivity index (χ2v) is 3.54. The Kier molecular flexibility index (Phi) is 3.26. The van der Waals surface area contributed by atoms with Crippen molar-refractivity contribution in [3.05, 3.63) is 11.6 Å². The molecule has 4 heteroatoms. The molecule has 1 rings (SSSR count). The first-order chi connectivity index (χ1) is 5.70. The van der Waals surface area contributed by atoms with Gasteiger partial charge in [-0.15, -0.1) is 10.2 Å². The Bertz CT molecular complexity index is 257. The van der Waals surface area contributed by atoms with Gasteiger partial charge in [0.25, 0.3) is 0 Å². The van der Waals surface area contributed by atoms with Crippen LogP contribution in [0.5, 0.6) is 0 Å². The second kappa shape index (κ2) is 4.03. The number of hydrogen-bond donors (Lipinski definition) is 0. The third-order valence-electron chi connectivity index (χ3n) is 2.17. The molecular formula is C8H14BrN3. The molecule has 1 heterocycles. The van der Waals surface area contributed by atoms with E-state index in [1.54, 1.807) is 0 Å². The minimum Gasteiger partial charge on any atom is -0.317 e. The number of nitrogens with zero attached hydrogens (tertiary/aromatic N) is 3. The van der Waals surface area contributed by atoms with Gasteiger partial charge in [-0.2, -0.15) is 0 Å². The largest absolute Gasteiger partial charge is 0.317 e. The molecule has 0 N–H and O–H groups in total. The van der Waals surface area contributed by atoms with E-state index in [1.165, 1.54) is 0 Å². The first-order valence-electron chi connectivity index (χ1n) is 4.14. The molecule has 12 heavy (non-hydrogen) atoms. The minimum atomic E-state index is 0.496. The number of halogens is 1. The molecule has 3 nitrogen and oxygen atoms in total. The first-order valence-corrected chi connectivity index (χ1v) is 5.27. The summed E-state index contributed by atoms with van der Waals surface area (Å²) in [6.45, 7) is 4.33. The van der Waals surface area contributed by atoms with E-state index in [9.17, 15) is 0 Å². The highest BCUT2D eigenvalue weighted by Gasteiger charge is 2.12. The van der Waals surface area contributed by atoms with E-state index in [-0.39, 0.29) is 0 Å². The molecule has 0 saturated heterocycles. The molecular weight excluding hydrogens is 218 g/mol. The molecule has 0 radical (unpaired) electrons. The van der Waals surface area contributed by atoms with Crippen LogP contribution in [0.2, 0.25) is 0 Å². The Labute approximate surface area is 81.3 Å². The van der Waals surface area contributed by atoms with Gasteiger partial charge in [-0.25, -0.2) is 0 Å². The fraction of sp³-hybridized carbons (Fsp3) is 0.750. The Balaban J connectivity index is 2.93. The van der Waals surface area contributed by atoms with E-state index in [1.807, 2.05) is 7.05 Å². The van der Waals surface area contributed by atoms with E-state index >= 15 is 0 Å². The Morgan fingerprint density at radius 1 is 1.50 bits per heavy atom. The molecule has 0 fully saturated rings. The molecule has 1 unspecified atom stereocenters. The van der Waals surface area contributed by atoms with Crippen molar-refractivity contribution in [3.8, 4) is 0 Å². The van der Waals surface area contributed by atoms with Gasteiger partial charge in [0.2, 0.25) is 0 Å². The molecule has 0 spiro atoms. The molecule has 0 amide bonds. The lowest BCUT2D eigenvalue weighted by Gasteiger charge is -2.07. The second-order valence-electron chi connectivity index (χ2n) is 2.98.